The summed E-state index contributed by atoms with van der Waals surface area (Å²) >= 11 is 10.00. The van der Waals surface area contributed by atoms with Gasteiger partial charge in [0.1, 0.15) is 0 Å². The molecule has 4 heteroatoms. The van der Waals surface area contributed by atoms with Crippen LogP contribution >= 0.6 is 45.5 Å². The molecule has 0 atom stereocenters. The van der Waals surface area contributed by atoms with Crippen molar-refractivity contribution in [1.29, 1.82) is 0 Å². The third-order valence-corrected chi connectivity index (χ3v) is 4.33. The zero-order valence-corrected chi connectivity index (χ0v) is 10.3. The minimum atomic E-state index is 0.0458. The molecule has 0 spiro atoms. The molecule has 1 aromatic heterocycles. The van der Waals surface area contributed by atoms with Crippen molar-refractivity contribution in [2.24, 2.45) is 0 Å². The number of hydrogen-bond acceptors (Lipinski definition) is 2. The molecule has 68 valence electrons. The SMILES string of the molecule is OCc1cc(Cl)c2c(I)csc2c1. The quantitative estimate of drug-likeness (QED) is 0.794. The van der Waals surface area contributed by atoms with Gasteiger partial charge in [-0.1, -0.05) is 11.6 Å². The molecule has 2 rings (SSSR count). The van der Waals surface area contributed by atoms with Gasteiger partial charge in [0.05, 0.1) is 11.6 Å². The second-order valence-electron chi connectivity index (χ2n) is 2.69. The van der Waals surface area contributed by atoms with E-state index in [0.717, 1.165) is 20.7 Å². The van der Waals surface area contributed by atoms with Crippen molar-refractivity contribution >= 4 is 55.6 Å². The Balaban J connectivity index is 2.79. The van der Waals surface area contributed by atoms with Crippen LogP contribution in [0.1, 0.15) is 5.56 Å². The summed E-state index contributed by atoms with van der Waals surface area (Å²) in [6.07, 6.45) is 0. The first-order valence-electron chi connectivity index (χ1n) is 3.68. The van der Waals surface area contributed by atoms with Crippen LogP contribution < -0.4 is 0 Å². The Bertz CT molecular complexity index is 452. The summed E-state index contributed by atoms with van der Waals surface area (Å²) < 4.78 is 2.31. The summed E-state index contributed by atoms with van der Waals surface area (Å²) in [5, 5.41) is 12.9. The average molecular weight is 325 g/mol. The van der Waals surface area contributed by atoms with Gasteiger partial charge in [0.15, 0.2) is 0 Å². The van der Waals surface area contributed by atoms with E-state index in [1.807, 2.05) is 12.1 Å². The molecule has 13 heavy (non-hydrogen) atoms. The average Bonchev–Trinajstić information content (AvgIpc) is 2.48. The van der Waals surface area contributed by atoms with Crippen molar-refractivity contribution in [1.82, 2.24) is 0 Å². The van der Waals surface area contributed by atoms with Crippen LogP contribution in [0, 0.1) is 3.57 Å². The fourth-order valence-electron chi connectivity index (χ4n) is 1.23. The van der Waals surface area contributed by atoms with Gasteiger partial charge < -0.3 is 5.11 Å². The third kappa shape index (κ3) is 1.70. The molecule has 0 aliphatic carbocycles. The first-order valence-corrected chi connectivity index (χ1v) is 6.02. The molecule has 2 aromatic rings. The first-order chi connectivity index (χ1) is 6.22. The smallest absolute Gasteiger partial charge is 0.0682 e. The maximum absolute atomic E-state index is 8.97. The van der Waals surface area contributed by atoms with Crippen molar-refractivity contribution in [3.05, 3.63) is 31.7 Å². The van der Waals surface area contributed by atoms with Gasteiger partial charge >= 0.3 is 0 Å². The van der Waals surface area contributed by atoms with Crippen LogP contribution in [-0.4, -0.2) is 5.11 Å². The van der Waals surface area contributed by atoms with E-state index >= 15 is 0 Å². The Morgan fingerprint density at radius 3 is 2.92 bits per heavy atom. The summed E-state index contributed by atoms with van der Waals surface area (Å²) in [6.45, 7) is 0.0458. The zero-order chi connectivity index (χ0) is 9.42. The van der Waals surface area contributed by atoms with E-state index in [9.17, 15) is 0 Å². The topological polar surface area (TPSA) is 20.2 Å². The lowest BCUT2D eigenvalue weighted by atomic mass is 10.2. The summed E-state index contributed by atoms with van der Waals surface area (Å²) in [5.41, 5.74) is 0.871. The molecule has 0 fully saturated rings. The highest BCUT2D eigenvalue weighted by Crippen LogP contribution is 2.34. The van der Waals surface area contributed by atoms with Gasteiger partial charge in [-0.3, -0.25) is 0 Å². The number of rotatable bonds is 1. The molecule has 1 aromatic carbocycles. The van der Waals surface area contributed by atoms with Crippen LogP contribution in [0.25, 0.3) is 10.1 Å². The van der Waals surface area contributed by atoms with Gasteiger partial charge in [0, 0.05) is 19.0 Å². The van der Waals surface area contributed by atoms with Crippen LogP contribution in [0.3, 0.4) is 0 Å². The highest BCUT2D eigenvalue weighted by atomic mass is 127. The molecule has 0 saturated heterocycles. The number of hydrogen-bond donors (Lipinski definition) is 1. The monoisotopic (exact) mass is 324 g/mol. The van der Waals surface area contributed by atoms with Crippen LogP contribution in [0.4, 0.5) is 0 Å². The van der Waals surface area contributed by atoms with Gasteiger partial charge in [0.25, 0.3) is 0 Å². The number of halogens is 2. The van der Waals surface area contributed by atoms with E-state index in [1.165, 1.54) is 3.57 Å². The molecule has 0 radical (unpaired) electrons. The van der Waals surface area contributed by atoms with Crippen LogP contribution in [-0.2, 0) is 6.61 Å². The maximum Gasteiger partial charge on any atom is 0.0682 e. The molecule has 1 heterocycles. The number of benzene rings is 1. The lowest BCUT2D eigenvalue weighted by Crippen LogP contribution is -1.82. The molecule has 0 unspecified atom stereocenters. The van der Waals surface area contributed by atoms with Gasteiger partial charge in [0.2, 0.25) is 0 Å². The van der Waals surface area contributed by atoms with Gasteiger partial charge in [-0.05, 0) is 40.3 Å². The fraction of sp³-hybridized carbons (Fsp3) is 0.111. The van der Waals surface area contributed by atoms with Gasteiger partial charge in [-0.15, -0.1) is 11.3 Å². The highest BCUT2D eigenvalue weighted by molar-refractivity contribution is 14.1. The minimum absolute atomic E-state index is 0.0458. The molecule has 0 amide bonds. The molecule has 0 aliphatic rings. The lowest BCUT2D eigenvalue weighted by Gasteiger charge is -1.99. The number of thiophene rings is 1. The third-order valence-electron chi connectivity index (χ3n) is 1.82. The van der Waals surface area contributed by atoms with Crippen LogP contribution in [0.5, 0.6) is 0 Å². The van der Waals surface area contributed by atoms with Crippen molar-refractivity contribution in [3.63, 3.8) is 0 Å². The molecule has 0 bridgehead atoms. The molecule has 1 nitrogen and oxygen atoms in total. The number of aliphatic hydroxyl groups excluding tert-OH is 1. The summed E-state index contributed by atoms with van der Waals surface area (Å²) in [5.74, 6) is 0. The summed E-state index contributed by atoms with van der Waals surface area (Å²) in [6, 6.07) is 3.80. The maximum atomic E-state index is 8.97. The zero-order valence-electron chi connectivity index (χ0n) is 6.55. The molecule has 0 saturated carbocycles. The highest BCUT2D eigenvalue weighted by Gasteiger charge is 2.07. The molecular formula is C9H6ClIOS. The first kappa shape index (κ1) is 9.71. The standard InChI is InChI=1S/C9H6ClIOS/c10-6-1-5(3-12)2-8-9(6)7(11)4-13-8/h1-2,4,12H,3H2. The largest absolute Gasteiger partial charge is 0.392 e. The summed E-state index contributed by atoms with van der Waals surface area (Å²) in [7, 11) is 0. The van der Waals surface area contributed by atoms with E-state index in [0.29, 0.717) is 0 Å². The van der Waals surface area contributed by atoms with E-state index in [4.69, 9.17) is 16.7 Å². The normalized spacial score (nSPS) is 11.0. The minimum Gasteiger partial charge on any atom is -0.392 e. The van der Waals surface area contributed by atoms with Crippen molar-refractivity contribution < 1.29 is 5.11 Å². The van der Waals surface area contributed by atoms with E-state index in [2.05, 4.69) is 28.0 Å². The molecule has 0 aliphatic heterocycles. The summed E-state index contributed by atoms with van der Waals surface area (Å²) in [4.78, 5) is 0. The Morgan fingerprint density at radius 1 is 1.46 bits per heavy atom. The van der Waals surface area contributed by atoms with Crippen molar-refractivity contribution in [2.75, 3.05) is 0 Å². The second kappa shape index (κ2) is 3.73. The van der Waals surface area contributed by atoms with E-state index < -0.39 is 0 Å². The Morgan fingerprint density at radius 2 is 2.23 bits per heavy atom. The fourth-order valence-corrected chi connectivity index (χ4v) is 3.84. The Labute approximate surface area is 98.5 Å². The van der Waals surface area contributed by atoms with E-state index in [1.54, 1.807) is 11.3 Å². The Kier molecular flexibility index (Phi) is 2.78. The van der Waals surface area contributed by atoms with Crippen LogP contribution in [0.15, 0.2) is 17.5 Å². The van der Waals surface area contributed by atoms with Gasteiger partial charge in [-0.2, -0.15) is 0 Å². The molecular weight excluding hydrogens is 319 g/mol. The van der Waals surface area contributed by atoms with E-state index in [-0.39, 0.29) is 6.61 Å². The predicted octanol–water partition coefficient (Wildman–Crippen LogP) is 3.65. The lowest BCUT2D eigenvalue weighted by molar-refractivity contribution is 0.282. The number of aliphatic hydroxyl groups is 1. The number of fused-ring (bicyclic) bond motifs is 1. The predicted molar refractivity (Wildman–Crippen MR) is 65.5 cm³/mol. The van der Waals surface area contributed by atoms with Crippen molar-refractivity contribution in [3.8, 4) is 0 Å². The van der Waals surface area contributed by atoms with Crippen molar-refractivity contribution in [2.45, 2.75) is 6.61 Å². The van der Waals surface area contributed by atoms with Gasteiger partial charge in [-0.25, -0.2) is 0 Å². The molecule has 1 N–H and O–H groups in total. The Hall–Kier alpha value is 0.160. The second-order valence-corrected chi connectivity index (χ2v) is 5.17. The van der Waals surface area contributed by atoms with Crippen LogP contribution in [0.2, 0.25) is 5.02 Å².